The topological polar surface area (TPSA) is 109 Å². The molecule has 2 aliphatic heterocycles. The Hall–Kier alpha value is -1.71. The molecule has 1 saturated carbocycles. The van der Waals surface area contributed by atoms with Gasteiger partial charge in [0.05, 0.1) is 17.7 Å². The molecule has 3 atom stereocenters. The molecule has 3 heterocycles. The zero-order valence-electron chi connectivity index (χ0n) is 15.1. The van der Waals surface area contributed by atoms with E-state index >= 15 is 0 Å². The number of carboxylic acids is 1. The lowest BCUT2D eigenvalue weighted by Crippen LogP contribution is -2.52. The molecule has 2 fully saturated rings. The Balaban J connectivity index is 1.60. The lowest BCUT2D eigenvalue weighted by atomic mass is 9.78. The van der Waals surface area contributed by atoms with Crippen LogP contribution >= 0.6 is 0 Å². The van der Waals surface area contributed by atoms with E-state index in [1.807, 2.05) is 6.07 Å². The average Bonchev–Trinajstić information content (AvgIpc) is 3.46. The lowest BCUT2D eigenvalue weighted by Gasteiger charge is -2.47. The van der Waals surface area contributed by atoms with Gasteiger partial charge in [-0.15, -0.1) is 0 Å². The van der Waals surface area contributed by atoms with Gasteiger partial charge in [0.1, 0.15) is 0 Å². The fourth-order valence-electron chi connectivity index (χ4n) is 4.53. The molecule has 0 unspecified atom stereocenters. The van der Waals surface area contributed by atoms with E-state index in [-0.39, 0.29) is 41.7 Å². The second-order valence-corrected chi connectivity index (χ2v) is 9.96. The van der Waals surface area contributed by atoms with Crippen molar-refractivity contribution in [3.63, 3.8) is 0 Å². The van der Waals surface area contributed by atoms with Crippen molar-refractivity contribution in [2.75, 3.05) is 26.2 Å². The summed E-state index contributed by atoms with van der Waals surface area (Å²) in [4.78, 5) is 25.6. The highest BCUT2D eigenvalue weighted by Gasteiger charge is 2.42. The van der Waals surface area contributed by atoms with Gasteiger partial charge >= 0.3 is 5.97 Å². The number of hydrogen-bond donors (Lipinski definition) is 2. The quantitative estimate of drug-likeness (QED) is 0.690. The number of piperidine rings is 1. The van der Waals surface area contributed by atoms with Gasteiger partial charge in [-0.25, -0.2) is 13.1 Å². The van der Waals surface area contributed by atoms with Crippen LogP contribution in [0.5, 0.6) is 0 Å². The van der Waals surface area contributed by atoms with E-state index in [1.165, 1.54) is 6.07 Å². The molecule has 3 aliphatic rings. The summed E-state index contributed by atoms with van der Waals surface area (Å²) in [5.74, 6) is -0.536. The van der Waals surface area contributed by atoms with E-state index in [0.29, 0.717) is 25.9 Å². The summed E-state index contributed by atoms with van der Waals surface area (Å²) in [6.45, 7) is 2.09. The number of carbonyl (C=O) groups is 1. The maximum Gasteiger partial charge on any atom is 0.304 e. The van der Waals surface area contributed by atoms with Crippen LogP contribution in [0.25, 0.3) is 0 Å². The van der Waals surface area contributed by atoms with E-state index < -0.39 is 16.0 Å². The van der Waals surface area contributed by atoms with Crippen LogP contribution in [-0.4, -0.2) is 60.4 Å². The molecule has 27 heavy (non-hydrogen) atoms. The van der Waals surface area contributed by atoms with Gasteiger partial charge in [-0.3, -0.25) is 9.59 Å². The third kappa shape index (κ3) is 3.81. The summed E-state index contributed by atoms with van der Waals surface area (Å²) < 4.78 is 29.0. The zero-order valence-corrected chi connectivity index (χ0v) is 15.9. The highest BCUT2D eigenvalue weighted by molar-refractivity contribution is 7.90. The number of sulfonamides is 1. The van der Waals surface area contributed by atoms with Crippen molar-refractivity contribution >= 4 is 16.0 Å². The summed E-state index contributed by atoms with van der Waals surface area (Å²) in [6.07, 6.45) is 2.37. The summed E-state index contributed by atoms with van der Waals surface area (Å²) in [5, 5.41) is 8.68. The van der Waals surface area contributed by atoms with Crippen LogP contribution < -0.4 is 10.3 Å². The van der Waals surface area contributed by atoms with Gasteiger partial charge in [0.2, 0.25) is 10.0 Å². The van der Waals surface area contributed by atoms with Crippen LogP contribution in [0.1, 0.15) is 43.3 Å². The molecule has 0 spiro atoms. The minimum atomic E-state index is -3.32. The van der Waals surface area contributed by atoms with E-state index in [9.17, 15) is 18.0 Å². The highest BCUT2D eigenvalue weighted by Crippen LogP contribution is 2.41. The molecular formula is C18H25N3O5S. The standard InChI is InChI=1S/C18H25N3O5S/c22-17-3-1-2-15-12-8-13(11-20(10-12)7-6-18(23)24)16(21(15)17)9-19-27(25,26)14-4-5-14/h1-3,12-14,16,19H,4-11H2,(H,23,24)/t12-,13+,16+/m1/s1. The minimum Gasteiger partial charge on any atom is -0.481 e. The molecule has 0 aromatic carbocycles. The molecule has 1 saturated heterocycles. The number of rotatable bonds is 7. The van der Waals surface area contributed by atoms with Crippen molar-refractivity contribution in [2.45, 2.75) is 42.9 Å². The number of likely N-dealkylation sites (tertiary alicyclic amines) is 1. The van der Waals surface area contributed by atoms with Gasteiger partial charge in [-0.05, 0) is 31.2 Å². The first kappa shape index (κ1) is 18.6. The van der Waals surface area contributed by atoms with Crippen molar-refractivity contribution in [1.29, 1.82) is 0 Å². The molecule has 1 aromatic heterocycles. The Labute approximate surface area is 158 Å². The molecule has 4 rings (SSSR count). The second-order valence-electron chi connectivity index (χ2n) is 7.92. The predicted molar refractivity (Wildman–Crippen MR) is 99.2 cm³/mol. The molecule has 2 bridgehead atoms. The number of nitrogens with one attached hydrogen (secondary N) is 1. The molecule has 2 N–H and O–H groups in total. The van der Waals surface area contributed by atoms with E-state index in [2.05, 4.69) is 9.62 Å². The first-order chi connectivity index (χ1) is 12.8. The van der Waals surface area contributed by atoms with Crippen molar-refractivity contribution in [2.24, 2.45) is 5.92 Å². The van der Waals surface area contributed by atoms with Gasteiger partial charge in [0, 0.05) is 43.9 Å². The Kier molecular flexibility index (Phi) is 4.85. The third-order valence-electron chi connectivity index (χ3n) is 5.97. The smallest absolute Gasteiger partial charge is 0.304 e. The monoisotopic (exact) mass is 395 g/mol. The zero-order chi connectivity index (χ0) is 19.2. The number of aliphatic carboxylic acids is 1. The Bertz CT molecular complexity index is 893. The maximum absolute atomic E-state index is 12.6. The molecular weight excluding hydrogens is 370 g/mol. The van der Waals surface area contributed by atoms with E-state index in [0.717, 1.165) is 18.7 Å². The van der Waals surface area contributed by atoms with E-state index in [4.69, 9.17) is 5.11 Å². The maximum atomic E-state index is 12.6. The van der Waals surface area contributed by atoms with Gasteiger partial charge in [-0.2, -0.15) is 0 Å². The second kappa shape index (κ2) is 7.03. The minimum absolute atomic E-state index is 0.0833. The molecule has 9 heteroatoms. The number of carboxylic acid groups (broad SMARTS) is 1. The van der Waals surface area contributed by atoms with Crippen LogP contribution in [0.15, 0.2) is 23.0 Å². The normalized spacial score (nSPS) is 27.9. The summed E-state index contributed by atoms with van der Waals surface area (Å²) in [6, 6.07) is 4.96. The first-order valence-corrected chi connectivity index (χ1v) is 11.0. The van der Waals surface area contributed by atoms with Crippen molar-refractivity contribution in [3.05, 3.63) is 34.2 Å². The van der Waals surface area contributed by atoms with Gasteiger partial charge in [-0.1, -0.05) is 6.07 Å². The summed E-state index contributed by atoms with van der Waals surface area (Å²) in [5.41, 5.74) is 0.825. The predicted octanol–water partition coefficient (Wildman–Crippen LogP) is 0.365. The molecule has 0 amide bonds. The first-order valence-electron chi connectivity index (χ1n) is 9.49. The summed E-state index contributed by atoms with van der Waals surface area (Å²) in [7, 11) is -3.32. The number of nitrogens with zero attached hydrogens (tertiary/aromatic N) is 2. The van der Waals surface area contributed by atoms with Crippen LogP contribution in [0.4, 0.5) is 0 Å². The van der Waals surface area contributed by atoms with Crippen LogP contribution in [-0.2, 0) is 14.8 Å². The van der Waals surface area contributed by atoms with Crippen LogP contribution in [0.3, 0.4) is 0 Å². The Morgan fingerprint density at radius 1 is 1.26 bits per heavy atom. The van der Waals surface area contributed by atoms with Crippen molar-refractivity contribution in [3.8, 4) is 0 Å². The number of fused-ring (bicyclic) bond motifs is 4. The number of pyridine rings is 1. The summed E-state index contributed by atoms with van der Waals surface area (Å²) >= 11 is 0. The molecule has 148 valence electrons. The Morgan fingerprint density at radius 3 is 2.74 bits per heavy atom. The fraction of sp³-hybridized carbons (Fsp3) is 0.667. The molecule has 1 aromatic rings. The van der Waals surface area contributed by atoms with Crippen molar-refractivity contribution < 1.29 is 18.3 Å². The van der Waals surface area contributed by atoms with Gasteiger partial charge in [0.25, 0.3) is 5.56 Å². The van der Waals surface area contributed by atoms with Crippen molar-refractivity contribution in [1.82, 2.24) is 14.2 Å². The molecule has 0 radical (unpaired) electrons. The number of hydrogen-bond acceptors (Lipinski definition) is 5. The SMILES string of the molecule is O=C(O)CCN1C[C@H]2C[C@@H](C1)[C@H](CNS(=O)(=O)C1CC1)n1c2cccc1=O. The van der Waals surface area contributed by atoms with E-state index in [1.54, 1.807) is 10.6 Å². The third-order valence-corrected chi connectivity index (χ3v) is 7.89. The lowest BCUT2D eigenvalue weighted by molar-refractivity contribution is -0.137. The highest BCUT2D eigenvalue weighted by atomic mass is 32.2. The van der Waals surface area contributed by atoms with Crippen LogP contribution in [0, 0.1) is 5.92 Å². The fourth-order valence-corrected chi connectivity index (χ4v) is 5.93. The molecule has 8 nitrogen and oxygen atoms in total. The van der Waals surface area contributed by atoms with Gasteiger partial charge < -0.3 is 14.6 Å². The number of aromatic nitrogens is 1. The largest absolute Gasteiger partial charge is 0.481 e. The molecule has 1 aliphatic carbocycles. The Morgan fingerprint density at radius 2 is 2.04 bits per heavy atom. The van der Waals surface area contributed by atoms with Gasteiger partial charge in [0.15, 0.2) is 0 Å². The average molecular weight is 395 g/mol. The van der Waals surface area contributed by atoms with Crippen LogP contribution in [0.2, 0.25) is 0 Å².